The standard InChI is InChI=1S/C13H16N2O/c1-8-4-5-11(9(2)6-8)13-10(3)14-12(7-16)15-13/h4-6,16H,7H2,1-3H3,(H,14,15). The normalized spacial score (nSPS) is 10.8. The van der Waals surface area contributed by atoms with Crippen molar-refractivity contribution in [3.05, 3.63) is 40.8 Å². The fourth-order valence-corrected chi connectivity index (χ4v) is 1.94. The molecular weight excluding hydrogens is 200 g/mol. The minimum Gasteiger partial charge on any atom is -0.388 e. The summed E-state index contributed by atoms with van der Waals surface area (Å²) in [6.45, 7) is 6.08. The molecule has 3 heteroatoms. The highest BCUT2D eigenvalue weighted by Gasteiger charge is 2.10. The van der Waals surface area contributed by atoms with E-state index in [-0.39, 0.29) is 6.61 Å². The Bertz CT molecular complexity index is 515. The van der Waals surface area contributed by atoms with Gasteiger partial charge in [0.05, 0.1) is 5.69 Å². The van der Waals surface area contributed by atoms with Crippen LogP contribution in [-0.2, 0) is 6.61 Å². The zero-order valence-corrected chi connectivity index (χ0v) is 9.83. The van der Waals surface area contributed by atoms with E-state index in [0.29, 0.717) is 5.82 Å². The van der Waals surface area contributed by atoms with Crippen molar-refractivity contribution in [1.29, 1.82) is 0 Å². The number of rotatable bonds is 2. The van der Waals surface area contributed by atoms with Crippen LogP contribution in [0.15, 0.2) is 18.2 Å². The van der Waals surface area contributed by atoms with Gasteiger partial charge in [-0.25, -0.2) is 4.98 Å². The largest absolute Gasteiger partial charge is 0.388 e. The Labute approximate surface area is 95.2 Å². The van der Waals surface area contributed by atoms with Gasteiger partial charge in [0.25, 0.3) is 0 Å². The molecule has 0 aliphatic carbocycles. The first-order valence-corrected chi connectivity index (χ1v) is 5.36. The third-order valence-corrected chi connectivity index (χ3v) is 2.72. The van der Waals surface area contributed by atoms with Crippen molar-refractivity contribution in [2.45, 2.75) is 27.4 Å². The van der Waals surface area contributed by atoms with Crippen molar-refractivity contribution in [2.24, 2.45) is 0 Å². The van der Waals surface area contributed by atoms with Crippen molar-refractivity contribution in [3.8, 4) is 11.3 Å². The molecule has 2 aromatic rings. The highest BCUT2D eigenvalue weighted by atomic mass is 16.3. The van der Waals surface area contributed by atoms with E-state index in [9.17, 15) is 0 Å². The SMILES string of the molecule is Cc1ccc(-c2nc(CO)[nH]c2C)c(C)c1. The van der Waals surface area contributed by atoms with E-state index >= 15 is 0 Å². The van der Waals surface area contributed by atoms with Crippen LogP contribution in [-0.4, -0.2) is 15.1 Å². The molecule has 0 aliphatic heterocycles. The van der Waals surface area contributed by atoms with Crippen LogP contribution in [0.5, 0.6) is 0 Å². The van der Waals surface area contributed by atoms with E-state index in [1.165, 1.54) is 11.1 Å². The lowest BCUT2D eigenvalue weighted by Crippen LogP contribution is -1.88. The fourth-order valence-electron chi connectivity index (χ4n) is 1.94. The summed E-state index contributed by atoms with van der Waals surface area (Å²) in [5.74, 6) is 0.618. The quantitative estimate of drug-likeness (QED) is 0.810. The molecule has 0 spiro atoms. The Morgan fingerprint density at radius 3 is 2.56 bits per heavy atom. The summed E-state index contributed by atoms with van der Waals surface area (Å²) in [5.41, 5.74) is 5.51. The monoisotopic (exact) mass is 216 g/mol. The molecule has 0 radical (unpaired) electrons. The highest BCUT2D eigenvalue weighted by molar-refractivity contribution is 5.66. The molecule has 0 saturated heterocycles. The minimum atomic E-state index is -0.0499. The maximum atomic E-state index is 9.04. The van der Waals surface area contributed by atoms with Crippen molar-refractivity contribution in [2.75, 3.05) is 0 Å². The maximum absolute atomic E-state index is 9.04. The molecule has 0 bridgehead atoms. The van der Waals surface area contributed by atoms with Gasteiger partial charge in [0, 0.05) is 11.3 Å². The van der Waals surface area contributed by atoms with Crippen LogP contribution in [0.1, 0.15) is 22.6 Å². The number of benzene rings is 1. The number of aromatic amines is 1. The van der Waals surface area contributed by atoms with Gasteiger partial charge in [-0.3, -0.25) is 0 Å². The van der Waals surface area contributed by atoms with Crippen LogP contribution in [0.25, 0.3) is 11.3 Å². The minimum absolute atomic E-state index is 0.0499. The number of aromatic nitrogens is 2. The summed E-state index contributed by atoms with van der Waals surface area (Å²) in [7, 11) is 0. The van der Waals surface area contributed by atoms with Crippen LogP contribution in [0.4, 0.5) is 0 Å². The average Bonchev–Trinajstić information content (AvgIpc) is 2.60. The van der Waals surface area contributed by atoms with Gasteiger partial charge in [-0.15, -0.1) is 0 Å². The van der Waals surface area contributed by atoms with E-state index in [4.69, 9.17) is 5.11 Å². The second-order valence-corrected chi connectivity index (χ2v) is 4.13. The highest BCUT2D eigenvalue weighted by Crippen LogP contribution is 2.25. The molecular formula is C13H16N2O. The number of hydrogen-bond acceptors (Lipinski definition) is 2. The van der Waals surface area contributed by atoms with Crippen molar-refractivity contribution >= 4 is 0 Å². The number of aliphatic hydroxyl groups excluding tert-OH is 1. The molecule has 1 heterocycles. The topological polar surface area (TPSA) is 48.9 Å². The molecule has 84 valence electrons. The van der Waals surface area contributed by atoms with E-state index < -0.39 is 0 Å². The summed E-state index contributed by atoms with van der Waals surface area (Å²) in [6, 6.07) is 6.30. The molecule has 2 N–H and O–H groups in total. The predicted molar refractivity (Wildman–Crippen MR) is 64.2 cm³/mol. The smallest absolute Gasteiger partial charge is 0.132 e. The molecule has 0 aliphatic rings. The van der Waals surface area contributed by atoms with E-state index in [1.54, 1.807) is 0 Å². The number of H-pyrrole nitrogens is 1. The molecule has 0 fully saturated rings. The Morgan fingerprint density at radius 2 is 2.00 bits per heavy atom. The number of hydrogen-bond donors (Lipinski definition) is 2. The van der Waals surface area contributed by atoms with Gasteiger partial charge in [-0.1, -0.05) is 23.8 Å². The molecule has 0 saturated carbocycles. The summed E-state index contributed by atoms with van der Waals surface area (Å²) in [5, 5.41) is 9.04. The molecule has 0 amide bonds. The second kappa shape index (κ2) is 4.10. The van der Waals surface area contributed by atoms with Crippen LogP contribution < -0.4 is 0 Å². The molecule has 3 nitrogen and oxygen atoms in total. The fraction of sp³-hybridized carbons (Fsp3) is 0.308. The summed E-state index contributed by atoms with van der Waals surface area (Å²) >= 11 is 0. The first-order valence-electron chi connectivity index (χ1n) is 5.36. The average molecular weight is 216 g/mol. The van der Waals surface area contributed by atoms with Gasteiger partial charge in [0.15, 0.2) is 0 Å². The Hall–Kier alpha value is -1.61. The summed E-state index contributed by atoms with van der Waals surface area (Å²) < 4.78 is 0. The van der Waals surface area contributed by atoms with Gasteiger partial charge < -0.3 is 10.1 Å². The van der Waals surface area contributed by atoms with Gasteiger partial charge in [0.1, 0.15) is 12.4 Å². The summed E-state index contributed by atoms with van der Waals surface area (Å²) in [4.78, 5) is 7.46. The van der Waals surface area contributed by atoms with Crippen LogP contribution in [0, 0.1) is 20.8 Å². The van der Waals surface area contributed by atoms with Crippen LogP contribution in [0.3, 0.4) is 0 Å². The number of nitrogens with one attached hydrogen (secondary N) is 1. The lowest BCUT2D eigenvalue weighted by Gasteiger charge is -2.04. The van der Waals surface area contributed by atoms with Crippen LogP contribution in [0.2, 0.25) is 0 Å². The van der Waals surface area contributed by atoms with E-state index in [1.807, 2.05) is 6.92 Å². The predicted octanol–water partition coefficient (Wildman–Crippen LogP) is 2.49. The van der Waals surface area contributed by atoms with Gasteiger partial charge in [0.2, 0.25) is 0 Å². The first-order chi connectivity index (χ1) is 7.61. The van der Waals surface area contributed by atoms with Gasteiger partial charge in [-0.05, 0) is 26.3 Å². The lowest BCUT2D eigenvalue weighted by molar-refractivity contribution is 0.272. The maximum Gasteiger partial charge on any atom is 0.132 e. The van der Waals surface area contributed by atoms with Gasteiger partial charge in [-0.2, -0.15) is 0 Å². The molecule has 16 heavy (non-hydrogen) atoms. The lowest BCUT2D eigenvalue weighted by atomic mass is 10.0. The third kappa shape index (κ3) is 1.86. The zero-order valence-electron chi connectivity index (χ0n) is 9.83. The molecule has 0 unspecified atom stereocenters. The molecule has 0 atom stereocenters. The Kier molecular flexibility index (Phi) is 2.79. The van der Waals surface area contributed by atoms with Crippen molar-refractivity contribution in [3.63, 3.8) is 0 Å². The number of imidazole rings is 1. The van der Waals surface area contributed by atoms with Crippen molar-refractivity contribution < 1.29 is 5.11 Å². The Balaban J connectivity index is 2.53. The van der Waals surface area contributed by atoms with E-state index in [2.05, 4.69) is 42.0 Å². The molecule has 2 rings (SSSR count). The molecule has 1 aromatic carbocycles. The third-order valence-electron chi connectivity index (χ3n) is 2.72. The summed E-state index contributed by atoms with van der Waals surface area (Å²) in [6.07, 6.45) is 0. The Morgan fingerprint density at radius 1 is 1.25 bits per heavy atom. The van der Waals surface area contributed by atoms with E-state index in [0.717, 1.165) is 17.0 Å². The number of nitrogens with zero attached hydrogens (tertiary/aromatic N) is 1. The zero-order chi connectivity index (χ0) is 11.7. The van der Waals surface area contributed by atoms with Crippen LogP contribution >= 0.6 is 0 Å². The first kappa shape index (κ1) is 10.9. The molecule has 1 aromatic heterocycles. The number of aliphatic hydroxyl groups is 1. The number of aryl methyl sites for hydroxylation is 3. The second-order valence-electron chi connectivity index (χ2n) is 4.13. The van der Waals surface area contributed by atoms with Crippen molar-refractivity contribution in [1.82, 2.24) is 9.97 Å². The van der Waals surface area contributed by atoms with Gasteiger partial charge >= 0.3 is 0 Å².